The van der Waals surface area contributed by atoms with Crippen LogP contribution in [0.1, 0.15) is 41.6 Å². The molecule has 0 unspecified atom stereocenters. The molecular weight excluding hydrogens is 431 g/mol. The molecule has 0 radical (unpaired) electrons. The van der Waals surface area contributed by atoms with Crippen LogP contribution in [-0.4, -0.2) is 48.2 Å². The van der Waals surface area contributed by atoms with Crippen molar-refractivity contribution in [2.24, 2.45) is 11.8 Å². The fourth-order valence-electron chi connectivity index (χ4n) is 5.33. The summed E-state index contributed by atoms with van der Waals surface area (Å²) in [4.78, 5) is 5.15. The third-order valence-electron chi connectivity index (χ3n) is 6.64. The van der Waals surface area contributed by atoms with Crippen molar-refractivity contribution in [3.05, 3.63) is 64.7 Å². The molecule has 2 aromatic rings. The number of hydrogen-bond donors (Lipinski definition) is 1. The Morgan fingerprint density at radius 1 is 1.06 bits per heavy atom. The minimum absolute atomic E-state index is 0. The lowest BCUT2D eigenvalue weighted by atomic mass is 9.88. The van der Waals surface area contributed by atoms with Gasteiger partial charge in [0.1, 0.15) is 5.75 Å². The maximum atomic E-state index is 9.75. The van der Waals surface area contributed by atoms with Crippen molar-refractivity contribution in [2.75, 3.05) is 33.3 Å². The van der Waals surface area contributed by atoms with Gasteiger partial charge in [0, 0.05) is 37.8 Å². The van der Waals surface area contributed by atoms with Gasteiger partial charge in [-0.1, -0.05) is 37.3 Å². The highest BCUT2D eigenvalue weighted by Crippen LogP contribution is 2.45. The third-order valence-corrected chi connectivity index (χ3v) is 6.64. The van der Waals surface area contributed by atoms with E-state index in [9.17, 15) is 5.11 Å². The number of hydrogen-bond acceptors (Lipinski definition) is 4. The van der Waals surface area contributed by atoms with Crippen molar-refractivity contribution in [1.82, 2.24) is 9.80 Å². The molecule has 0 spiro atoms. The van der Waals surface area contributed by atoms with E-state index in [2.05, 4.69) is 67.1 Å². The zero-order valence-electron chi connectivity index (χ0n) is 18.8. The standard InChI is InChI=1S/C25H34N2O2.2ClH/c1-4-11-29-24-10-9-19(12-20(24)17-28)13-27-15-21-14-26(3)25(23(21)16-27)22-8-6-5-7-18(22)2;;/h5-10,12,21,23,25,28H,4,11,13-17H2,1-3H3;2*1H/t21-,23+,25-;;/m0../s1. The van der Waals surface area contributed by atoms with Crippen LogP contribution in [0, 0.1) is 18.8 Å². The lowest BCUT2D eigenvalue weighted by Gasteiger charge is -2.28. The lowest BCUT2D eigenvalue weighted by molar-refractivity contribution is 0.223. The smallest absolute Gasteiger partial charge is 0.124 e. The average molecular weight is 467 g/mol. The molecule has 4 rings (SSSR count). The van der Waals surface area contributed by atoms with E-state index in [0.29, 0.717) is 18.6 Å². The minimum Gasteiger partial charge on any atom is -0.493 e. The Morgan fingerprint density at radius 2 is 1.84 bits per heavy atom. The van der Waals surface area contributed by atoms with Gasteiger partial charge in [-0.15, -0.1) is 24.8 Å². The summed E-state index contributed by atoms with van der Waals surface area (Å²) in [5, 5.41) is 9.75. The Labute approximate surface area is 199 Å². The highest BCUT2D eigenvalue weighted by Gasteiger charge is 2.46. The number of fused-ring (bicyclic) bond motifs is 1. The molecule has 0 aliphatic carbocycles. The molecule has 2 saturated heterocycles. The average Bonchev–Trinajstić information content (AvgIpc) is 3.23. The van der Waals surface area contributed by atoms with Crippen LogP contribution in [0.5, 0.6) is 5.75 Å². The first kappa shape index (κ1) is 26.0. The Bertz CT molecular complexity index is 848. The van der Waals surface area contributed by atoms with Crippen molar-refractivity contribution in [2.45, 2.75) is 39.5 Å². The summed E-state index contributed by atoms with van der Waals surface area (Å²) in [6.07, 6.45) is 0.972. The molecule has 2 aliphatic heterocycles. The monoisotopic (exact) mass is 466 g/mol. The van der Waals surface area contributed by atoms with Crippen molar-refractivity contribution in [3.8, 4) is 5.75 Å². The molecule has 31 heavy (non-hydrogen) atoms. The van der Waals surface area contributed by atoms with E-state index in [1.165, 1.54) is 23.2 Å². The largest absolute Gasteiger partial charge is 0.493 e. The highest BCUT2D eigenvalue weighted by molar-refractivity contribution is 5.85. The van der Waals surface area contributed by atoms with Crippen LogP contribution < -0.4 is 4.74 Å². The first-order chi connectivity index (χ1) is 14.1. The molecule has 0 bridgehead atoms. The van der Waals surface area contributed by atoms with E-state index in [0.717, 1.165) is 43.3 Å². The lowest BCUT2D eigenvalue weighted by Crippen LogP contribution is -2.29. The number of aliphatic hydroxyl groups is 1. The van der Waals surface area contributed by atoms with Gasteiger partial charge in [0.2, 0.25) is 0 Å². The number of halogens is 2. The molecule has 0 amide bonds. The van der Waals surface area contributed by atoms with Crippen LogP contribution in [0.15, 0.2) is 42.5 Å². The molecule has 6 heteroatoms. The zero-order chi connectivity index (χ0) is 20.4. The molecule has 172 valence electrons. The predicted octanol–water partition coefficient (Wildman–Crippen LogP) is 4.85. The molecule has 2 fully saturated rings. The minimum atomic E-state index is 0. The number of rotatable bonds is 7. The Balaban J connectivity index is 0.00000171. The molecule has 3 atom stereocenters. The van der Waals surface area contributed by atoms with Gasteiger partial charge in [-0.25, -0.2) is 0 Å². The second kappa shape index (κ2) is 11.5. The van der Waals surface area contributed by atoms with Gasteiger partial charge >= 0.3 is 0 Å². The number of aliphatic hydroxyl groups excluding tert-OH is 1. The zero-order valence-corrected chi connectivity index (χ0v) is 20.4. The van der Waals surface area contributed by atoms with E-state index >= 15 is 0 Å². The van der Waals surface area contributed by atoms with Gasteiger partial charge in [-0.05, 0) is 61.1 Å². The van der Waals surface area contributed by atoms with Crippen molar-refractivity contribution >= 4 is 24.8 Å². The summed E-state index contributed by atoms with van der Waals surface area (Å²) in [7, 11) is 2.28. The quantitative estimate of drug-likeness (QED) is 0.632. The molecule has 1 N–H and O–H groups in total. The topological polar surface area (TPSA) is 35.9 Å². The van der Waals surface area contributed by atoms with E-state index in [4.69, 9.17) is 4.74 Å². The molecule has 2 aromatic carbocycles. The second-order valence-electron chi connectivity index (χ2n) is 8.81. The van der Waals surface area contributed by atoms with Crippen LogP contribution in [0.25, 0.3) is 0 Å². The van der Waals surface area contributed by atoms with Crippen LogP contribution in [0.4, 0.5) is 0 Å². The van der Waals surface area contributed by atoms with Gasteiger partial charge in [0.25, 0.3) is 0 Å². The van der Waals surface area contributed by atoms with Crippen molar-refractivity contribution in [1.29, 1.82) is 0 Å². The first-order valence-electron chi connectivity index (χ1n) is 10.9. The second-order valence-corrected chi connectivity index (χ2v) is 8.81. The Hall–Kier alpha value is -1.30. The van der Waals surface area contributed by atoms with Gasteiger partial charge in [-0.3, -0.25) is 9.80 Å². The fourth-order valence-corrected chi connectivity index (χ4v) is 5.33. The molecule has 0 aromatic heterocycles. The summed E-state index contributed by atoms with van der Waals surface area (Å²) in [6.45, 7) is 9.45. The van der Waals surface area contributed by atoms with Crippen LogP contribution in [0.2, 0.25) is 0 Å². The van der Waals surface area contributed by atoms with E-state index in [1.54, 1.807) is 0 Å². The number of likely N-dealkylation sites (tertiary alicyclic amines) is 2. The maximum absolute atomic E-state index is 9.75. The third kappa shape index (κ3) is 5.55. The fraction of sp³-hybridized carbons (Fsp3) is 0.520. The summed E-state index contributed by atoms with van der Waals surface area (Å²) in [6, 6.07) is 15.7. The molecule has 0 saturated carbocycles. The van der Waals surface area contributed by atoms with Crippen molar-refractivity contribution in [3.63, 3.8) is 0 Å². The SMILES string of the molecule is CCCOc1ccc(CN2C[C@@H]3CN(C)[C@@H](c4ccccc4C)[C@@H]3C2)cc1CO.Cl.Cl. The van der Waals surface area contributed by atoms with E-state index in [-0.39, 0.29) is 31.4 Å². The summed E-state index contributed by atoms with van der Waals surface area (Å²) in [5.74, 6) is 2.23. The van der Waals surface area contributed by atoms with E-state index in [1.807, 2.05) is 6.07 Å². The molecular formula is C25H36Cl2N2O2. The van der Waals surface area contributed by atoms with Gasteiger partial charge < -0.3 is 9.84 Å². The molecule has 2 aliphatic rings. The van der Waals surface area contributed by atoms with Crippen molar-refractivity contribution < 1.29 is 9.84 Å². The number of benzene rings is 2. The first-order valence-corrected chi connectivity index (χ1v) is 10.9. The number of ether oxygens (including phenoxy) is 1. The summed E-state index contributed by atoms with van der Waals surface area (Å²) < 4.78 is 5.77. The van der Waals surface area contributed by atoms with Gasteiger partial charge in [-0.2, -0.15) is 0 Å². The van der Waals surface area contributed by atoms with Crippen LogP contribution >= 0.6 is 24.8 Å². The summed E-state index contributed by atoms with van der Waals surface area (Å²) >= 11 is 0. The maximum Gasteiger partial charge on any atom is 0.124 e. The molecule has 4 nitrogen and oxygen atoms in total. The van der Waals surface area contributed by atoms with Gasteiger partial charge in [0.05, 0.1) is 13.2 Å². The van der Waals surface area contributed by atoms with E-state index < -0.39 is 0 Å². The summed E-state index contributed by atoms with van der Waals surface area (Å²) in [5.41, 5.74) is 5.05. The van der Waals surface area contributed by atoms with Crippen LogP contribution in [0.3, 0.4) is 0 Å². The van der Waals surface area contributed by atoms with Crippen LogP contribution in [-0.2, 0) is 13.2 Å². The Morgan fingerprint density at radius 3 is 2.55 bits per heavy atom. The predicted molar refractivity (Wildman–Crippen MR) is 131 cm³/mol. The Kier molecular flexibility index (Phi) is 9.66. The normalized spacial score (nSPS) is 23.2. The number of nitrogens with zero attached hydrogens (tertiary/aromatic N) is 2. The van der Waals surface area contributed by atoms with Gasteiger partial charge in [0.15, 0.2) is 0 Å². The highest BCUT2D eigenvalue weighted by atomic mass is 35.5. The molecule has 2 heterocycles. The number of aryl methyl sites for hydroxylation is 1.